The number of fused-ring (bicyclic) bond motifs is 1. The topological polar surface area (TPSA) is 46.0 Å². The number of para-hydroxylation sites is 1. The van der Waals surface area contributed by atoms with Crippen molar-refractivity contribution in [1.82, 2.24) is 10.2 Å². The van der Waals surface area contributed by atoms with Crippen LogP contribution in [0.3, 0.4) is 0 Å². The smallest absolute Gasteiger partial charge is 0.418 e. The largest absolute Gasteiger partial charge is 0.507 e. The Morgan fingerprint density at radius 3 is 2.21 bits per heavy atom. The molecule has 0 aliphatic heterocycles. The van der Waals surface area contributed by atoms with Crippen LogP contribution in [-0.4, -0.2) is 15.3 Å². The minimum absolute atomic E-state index is 0.0245. The molecule has 0 amide bonds. The molecule has 0 unspecified atom stereocenters. The van der Waals surface area contributed by atoms with E-state index in [1.54, 1.807) is 24.3 Å². The molecule has 0 aliphatic carbocycles. The monoisotopic (exact) mass is 380 g/mol. The van der Waals surface area contributed by atoms with Gasteiger partial charge < -0.3 is 5.11 Å². The second kappa shape index (κ2) is 6.96. The first-order chi connectivity index (χ1) is 13.4. The lowest BCUT2D eigenvalue weighted by molar-refractivity contribution is -0.136. The maximum atomic E-state index is 13.5. The molecule has 4 rings (SSSR count). The first-order valence-corrected chi connectivity index (χ1v) is 8.63. The second-order valence-corrected chi connectivity index (χ2v) is 6.40. The van der Waals surface area contributed by atoms with E-state index in [1.165, 1.54) is 12.1 Å². The summed E-state index contributed by atoms with van der Waals surface area (Å²) in [6.07, 6.45) is -4.17. The van der Waals surface area contributed by atoms with Crippen molar-refractivity contribution in [3.63, 3.8) is 0 Å². The molecule has 0 radical (unpaired) electrons. The van der Waals surface area contributed by atoms with Crippen molar-refractivity contribution in [2.45, 2.75) is 12.6 Å². The van der Waals surface area contributed by atoms with Gasteiger partial charge >= 0.3 is 6.18 Å². The molecule has 6 heteroatoms. The molecule has 0 saturated heterocycles. The summed E-state index contributed by atoms with van der Waals surface area (Å²) in [5.74, 6) is -0.0245. The van der Waals surface area contributed by atoms with Gasteiger partial charge in [-0.15, -0.1) is 5.10 Å². The molecule has 0 atom stereocenters. The molecule has 1 aromatic heterocycles. The Balaban J connectivity index is 2.02. The molecule has 4 aromatic rings. The van der Waals surface area contributed by atoms with E-state index >= 15 is 0 Å². The summed E-state index contributed by atoms with van der Waals surface area (Å²) in [6, 6.07) is 19.9. The predicted molar refractivity (Wildman–Crippen MR) is 101 cm³/mol. The Morgan fingerprint density at radius 1 is 0.786 bits per heavy atom. The Hall–Kier alpha value is -3.41. The summed E-state index contributed by atoms with van der Waals surface area (Å²) >= 11 is 0. The third-order valence-electron chi connectivity index (χ3n) is 4.56. The van der Waals surface area contributed by atoms with Crippen LogP contribution in [0.4, 0.5) is 13.2 Å². The lowest BCUT2D eigenvalue weighted by Crippen LogP contribution is -2.09. The summed E-state index contributed by atoms with van der Waals surface area (Å²) in [6.45, 7) is 0. The standard InChI is InChI=1S/C22H15F3N2O/c23-22(24,25)17-11-6-10-16-20(15-9-4-5-12-19(15)28)18(26-27-21(16)17)13-14-7-2-1-3-8-14/h1-12,28H,13H2. The summed E-state index contributed by atoms with van der Waals surface area (Å²) in [5, 5.41) is 18.7. The molecule has 28 heavy (non-hydrogen) atoms. The summed E-state index contributed by atoms with van der Waals surface area (Å²) in [5.41, 5.74) is 1.25. The Morgan fingerprint density at radius 2 is 1.50 bits per heavy atom. The van der Waals surface area contributed by atoms with Gasteiger partial charge in [0.15, 0.2) is 0 Å². The van der Waals surface area contributed by atoms with E-state index in [4.69, 9.17) is 0 Å². The highest BCUT2D eigenvalue weighted by atomic mass is 19.4. The van der Waals surface area contributed by atoms with E-state index in [0.717, 1.165) is 11.6 Å². The molecule has 0 saturated carbocycles. The number of hydrogen-bond donors (Lipinski definition) is 1. The van der Waals surface area contributed by atoms with Crippen LogP contribution < -0.4 is 0 Å². The van der Waals surface area contributed by atoms with E-state index in [9.17, 15) is 18.3 Å². The SMILES string of the molecule is Oc1ccccc1-c1c(Cc2ccccc2)nnc2c(C(F)(F)F)cccc12. The zero-order chi connectivity index (χ0) is 19.7. The molecule has 140 valence electrons. The minimum Gasteiger partial charge on any atom is -0.507 e. The number of benzene rings is 3. The molecule has 1 heterocycles. The van der Waals surface area contributed by atoms with Crippen LogP contribution >= 0.6 is 0 Å². The highest BCUT2D eigenvalue weighted by molar-refractivity contribution is 5.98. The molecule has 0 spiro atoms. The lowest BCUT2D eigenvalue weighted by atomic mass is 9.94. The fourth-order valence-electron chi connectivity index (χ4n) is 3.30. The maximum Gasteiger partial charge on any atom is 0.418 e. The van der Waals surface area contributed by atoms with Gasteiger partial charge in [-0.3, -0.25) is 0 Å². The fourth-order valence-corrected chi connectivity index (χ4v) is 3.30. The molecular formula is C22H15F3N2O. The van der Waals surface area contributed by atoms with Crippen molar-refractivity contribution in [3.05, 3.63) is 89.6 Å². The molecule has 0 bridgehead atoms. The average Bonchev–Trinajstić information content (AvgIpc) is 2.68. The van der Waals surface area contributed by atoms with Gasteiger partial charge in [0, 0.05) is 22.9 Å². The van der Waals surface area contributed by atoms with Crippen molar-refractivity contribution in [2.75, 3.05) is 0 Å². The number of hydrogen-bond acceptors (Lipinski definition) is 3. The summed E-state index contributed by atoms with van der Waals surface area (Å²) in [4.78, 5) is 0. The van der Waals surface area contributed by atoms with Gasteiger partial charge in [0.2, 0.25) is 0 Å². The Bertz CT molecular complexity index is 1140. The van der Waals surface area contributed by atoms with Gasteiger partial charge in [0.25, 0.3) is 0 Å². The van der Waals surface area contributed by atoms with E-state index < -0.39 is 11.7 Å². The number of aromatic hydroxyl groups is 1. The van der Waals surface area contributed by atoms with Crippen molar-refractivity contribution in [1.29, 1.82) is 0 Å². The molecule has 1 N–H and O–H groups in total. The Labute approximate surface area is 159 Å². The maximum absolute atomic E-state index is 13.5. The van der Waals surface area contributed by atoms with Crippen molar-refractivity contribution in [3.8, 4) is 16.9 Å². The normalized spacial score (nSPS) is 11.7. The van der Waals surface area contributed by atoms with E-state index in [1.807, 2.05) is 30.3 Å². The second-order valence-electron chi connectivity index (χ2n) is 6.40. The van der Waals surface area contributed by atoms with Crippen LogP contribution in [0.2, 0.25) is 0 Å². The third-order valence-corrected chi connectivity index (χ3v) is 4.56. The number of nitrogens with zero attached hydrogens (tertiary/aromatic N) is 2. The Kier molecular flexibility index (Phi) is 4.47. The third kappa shape index (κ3) is 3.29. The molecule has 3 aromatic carbocycles. The van der Waals surface area contributed by atoms with Gasteiger partial charge in [-0.05, 0) is 17.7 Å². The first kappa shape index (κ1) is 18.0. The average molecular weight is 380 g/mol. The van der Waals surface area contributed by atoms with Gasteiger partial charge in [0.1, 0.15) is 11.3 Å². The van der Waals surface area contributed by atoms with E-state index in [2.05, 4.69) is 10.2 Å². The van der Waals surface area contributed by atoms with E-state index in [0.29, 0.717) is 28.6 Å². The summed E-state index contributed by atoms with van der Waals surface area (Å²) < 4.78 is 40.4. The van der Waals surface area contributed by atoms with Crippen LogP contribution in [-0.2, 0) is 12.6 Å². The number of rotatable bonds is 3. The van der Waals surface area contributed by atoms with E-state index in [-0.39, 0.29) is 11.3 Å². The fraction of sp³-hybridized carbons (Fsp3) is 0.0909. The zero-order valence-corrected chi connectivity index (χ0v) is 14.6. The molecule has 0 fully saturated rings. The molecule has 0 aliphatic rings. The number of alkyl halides is 3. The molecule has 3 nitrogen and oxygen atoms in total. The quantitative estimate of drug-likeness (QED) is 0.502. The van der Waals surface area contributed by atoms with Gasteiger partial charge in [-0.2, -0.15) is 18.3 Å². The van der Waals surface area contributed by atoms with Gasteiger partial charge in [-0.1, -0.05) is 60.7 Å². The van der Waals surface area contributed by atoms with Crippen LogP contribution in [0.1, 0.15) is 16.8 Å². The van der Waals surface area contributed by atoms with Gasteiger partial charge in [0.05, 0.1) is 11.3 Å². The highest BCUT2D eigenvalue weighted by Crippen LogP contribution is 2.40. The first-order valence-electron chi connectivity index (χ1n) is 8.63. The van der Waals surface area contributed by atoms with Crippen LogP contribution in [0.15, 0.2) is 72.8 Å². The van der Waals surface area contributed by atoms with Crippen LogP contribution in [0.25, 0.3) is 22.0 Å². The lowest BCUT2D eigenvalue weighted by Gasteiger charge is -2.15. The number of halogens is 3. The number of phenolic OH excluding ortho intramolecular Hbond substituents is 1. The summed E-state index contributed by atoms with van der Waals surface area (Å²) in [7, 11) is 0. The number of phenols is 1. The van der Waals surface area contributed by atoms with Crippen molar-refractivity contribution < 1.29 is 18.3 Å². The van der Waals surface area contributed by atoms with Gasteiger partial charge in [-0.25, -0.2) is 0 Å². The number of aromatic nitrogens is 2. The minimum atomic E-state index is -4.55. The highest BCUT2D eigenvalue weighted by Gasteiger charge is 2.34. The zero-order valence-electron chi connectivity index (χ0n) is 14.6. The van der Waals surface area contributed by atoms with Crippen LogP contribution in [0.5, 0.6) is 5.75 Å². The predicted octanol–water partition coefficient (Wildman–Crippen LogP) is 5.61. The van der Waals surface area contributed by atoms with Crippen molar-refractivity contribution in [2.24, 2.45) is 0 Å². The van der Waals surface area contributed by atoms with Crippen molar-refractivity contribution >= 4 is 10.9 Å². The molecular weight excluding hydrogens is 365 g/mol. The van der Waals surface area contributed by atoms with Crippen LogP contribution in [0, 0.1) is 0 Å².